The highest BCUT2D eigenvalue weighted by Crippen LogP contribution is 2.36. The van der Waals surface area contributed by atoms with Crippen LogP contribution in [0.5, 0.6) is 0 Å². The lowest BCUT2D eigenvalue weighted by Gasteiger charge is -2.35. The van der Waals surface area contributed by atoms with Crippen molar-refractivity contribution < 1.29 is 9.53 Å². The molecule has 0 aromatic rings. The van der Waals surface area contributed by atoms with Crippen molar-refractivity contribution in [3.8, 4) is 6.07 Å². The predicted octanol–water partition coefficient (Wildman–Crippen LogP) is 3.35. The average Bonchev–Trinajstić information content (AvgIpc) is 2.16. The molecule has 0 aliphatic rings. The van der Waals surface area contributed by atoms with E-state index in [2.05, 4.69) is 40.4 Å². The van der Waals surface area contributed by atoms with Crippen LogP contribution in [0.1, 0.15) is 27.2 Å². The predicted molar refractivity (Wildman–Crippen MR) is 72.8 cm³/mol. The lowest BCUT2D eigenvalue weighted by Crippen LogP contribution is -2.39. The van der Waals surface area contributed by atoms with Gasteiger partial charge in [-0.05, 0) is 24.2 Å². The first-order valence-electron chi connectivity index (χ1n) is 5.68. The Hall–Kier alpha value is -1.05. The zero-order valence-corrected chi connectivity index (χ0v) is 12.4. The summed E-state index contributed by atoms with van der Waals surface area (Å²) in [6, 6.07) is 1.84. The quantitative estimate of drug-likeness (QED) is 0.354. The minimum absolute atomic E-state index is 0.0978. The summed E-state index contributed by atoms with van der Waals surface area (Å²) in [4.78, 5) is 0. The smallest absolute Gasteiger partial charge is 0.249 e. The second-order valence-corrected chi connectivity index (χ2v) is 10.5. The van der Waals surface area contributed by atoms with Crippen LogP contribution in [-0.4, -0.2) is 19.0 Å². The van der Waals surface area contributed by atoms with Crippen molar-refractivity contribution in [3.63, 3.8) is 0 Å². The largest absolute Gasteiger partial charge is 0.549 e. The van der Waals surface area contributed by atoms with E-state index < -0.39 is 13.9 Å². The Labute approximate surface area is 106 Å². The van der Waals surface area contributed by atoms with Crippen LogP contribution in [-0.2, 0) is 4.43 Å². The van der Waals surface area contributed by atoms with Crippen LogP contribution in [0.2, 0.25) is 18.1 Å². The van der Waals surface area contributed by atoms with E-state index >= 15 is 0 Å². The minimum Gasteiger partial charge on any atom is -0.549 e. The second kappa shape index (κ2) is 5.52. The van der Waals surface area contributed by atoms with Gasteiger partial charge in [-0.3, -0.25) is 0 Å². The monoisotopic (exact) mass is 253 g/mol. The van der Waals surface area contributed by atoms with E-state index in [1.807, 2.05) is 6.07 Å². The second-order valence-electron chi connectivity index (χ2n) is 5.71. The molecule has 4 heteroatoms. The van der Waals surface area contributed by atoms with Crippen LogP contribution < -0.4 is 0 Å². The zero-order valence-electron chi connectivity index (χ0n) is 11.4. The van der Waals surface area contributed by atoms with Gasteiger partial charge < -0.3 is 9.53 Å². The molecule has 0 rings (SSSR count). The summed E-state index contributed by atoms with van der Waals surface area (Å²) in [5, 5.41) is 18.8. The first-order chi connectivity index (χ1) is 7.58. The fraction of sp³-hybridized carbons (Fsp3) is 0.615. The van der Waals surface area contributed by atoms with E-state index in [-0.39, 0.29) is 11.5 Å². The Bertz CT molecular complexity index is 336. The SMILES string of the molecule is C=CCC(O)(C#N)/C=C/O[Si](C)(C)C(C)(C)C. The molecule has 0 aromatic carbocycles. The summed E-state index contributed by atoms with van der Waals surface area (Å²) >= 11 is 0. The maximum absolute atomic E-state index is 9.84. The lowest BCUT2D eigenvalue weighted by atomic mass is 10.0. The van der Waals surface area contributed by atoms with Gasteiger partial charge in [-0.1, -0.05) is 26.8 Å². The Morgan fingerprint density at radius 2 is 1.94 bits per heavy atom. The van der Waals surface area contributed by atoms with E-state index in [1.54, 1.807) is 0 Å². The van der Waals surface area contributed by atoms with E-state index in [1.165, 1.54) is 18.4 Å². The molecule has 1 unspecified atom stereocenters. The molecule has 0 radical (unpaired) electrons. The normalized spacial score (nSPS) is 16.3. The Morgan fingerprint density at radius 1 is 1.41 bits per heavy atom. The summed E-state index contributed by atoms with van der Waals surface area (Å²) < 4.78 is 5.75. The van der Waals surface area contributed by atoms with Crippen molar-refractivity contribution in [2.24, 2.45) is 0 Å². The number of nitrogens with zero attached hydrogens (tertiary/aromatic N) is 1. The molecule has 3 nitrogen and oxygen atoms in total. The third-order valence-electron chi connectivity index (χ3n) is 3.16. The van der Waals surface area contributed by atoms with Crippen LogP contribution >= 0.6 is 0 Å². The molecule has 96 valence electrons. The van der Waals surface area contributed by atoms with Crippen LogP contribution in [0.3, 0.4) is 0 Å². The highest BCUT2D eigenvalue weighted by molar-refractivity contribution is 6.74. The summed E-state index contributed by atoms with van der Waals surface area (Å²) in [5.41, 5.74) is -1.51. The van der Waals surface area contributed by atoms with Gasteiger partial charge in [-0.2, -0.15) is 5.26 Å². The van der Waals surface area contributed by atoms with Gasteiger partial charge in [-0.15, -0.1) is 6.58 Å². The summed E-state index contributed by atoms with van der Waals surface area (Å²) in [6.07, 6.45) is 4.57. The van der Waals surface area contributed by atoms with Gasteiger partial charge in [0.25, 0.3) is 0 Å². The van der Waals surface area contributed by atoms with Crippen LogP contribution in [0.15, 0.2) is 25.0 Å². The van der Waals surface area contributed by atoms with Gasteiger partial charge in [0.15, 0.2) is 5.60 Å². The van der Waals surface area contributed by atoms with Crippen molar-refractivity contribution in [1.82, 2.24) is 0 Å². The van der Waals surface area contributed by atoms with Gasteiger partial charge in [0.1, 0.15) is 6.07 Å². The molecule has 0 saturated carbocycles. The number of nitriles is 1. The molecule has 1 atom stereocenters. The summed E-state index contributed by atoms with van der Waals surface area (Å²) in [5.74, 6) is 0. The Kier molecular flexibility index (Phi) is 5.18. The number of aliphatic hydroxyl groups is 1. The molecule has 0 bridgehead atoms. The summed E-state index contributed by atoms with van der Waals surface area (Å²) in [7, 11) is -1.87. The van der Waals surface area contributed by atoms with Gasteiger partial charge in [0, 0.05) is 6.42 Å². The zero-order chi connectivity index (χ0) is 13.7. The van der Waals surface area contributed by atoms with Crippen molar-refractivity contribution in [2.45, 2.75) is 50.9 Å². The molecule has 0 aromatic heterocycles. The van der Waals surface area contributed by atoms with E-state index in [9.17, 15) is 5.11 Å². The highest BCUT2D eigenvalue weighted by Gasteiger charge is 2.38. The number of hydrogen-bond acceptors (Lipinski definition) is 3. The maximum Gasteiger partial charge on any atom is 0.249 e. The van der Waals surface area contributed by atoms with Crippen LogP contribution in [0.4, 0.5) is 0 Å². The molecule has 0 amide bonds. The molecular weight excluding hydrogens is 230 g/mol. The van der Waals surface area contributed by atoms with Crippen LogP contribution in [0, 0.1) is 11.3 Å². The fourth-order valence-electron chi connectivity index (χ4n) is 0.864. The number of rotatable bonds is 5. The first kappa shape index (κ1) is 15.9. The fourth-order valence-corrected chi connectivity index (χ4v) is 1.63. The van der Waals surface area contributed by atoms with Gasteiger partial charge in [0.05, 0.1) is 6.26 Å². The van der Waals surface area contributed by atoms with Crippen molar-refractivity contribution in [3.05, 3.63) is 25.0 Å². The molecule has 1 N–H and O–H groups in total. The molecule has 17 heavy (non-hydrogen) atoms. The van der Waals surface area contributed by atoms with Gasteiger partial charge >= 0.3 is 0 Å². The van der Waals surface area contributed by atoms with Crippen molar-refractivity contribution in [2.75, 3.05) is 0 Å². The molecule has 0 aliphatic heterocycles. The standard InChI is InChI=1S/C13H23NO2Si/c1-7-8-13(15,11-14)9-10-16-17(5,6)12(2,3)4/h7,9-10,15H,1,8H2,2-6H3/b10-9+. The van der Waals surface area contributed by atoms with E-state index in [0.717, 1.165) is 0 Å². The molecule has 0 saturated heterocycles. The third-order valence-corrected chi connectivity index (χ3v) is 7.50. The molecule has 0 fully saturated rings. The lowest BCUT2D eigenvalue weighted by molar-refractivity contribution is 0.151. The van der Waals surface area contributed by atoms with Crippen LogP contribution in [0.25, 0.3) is 0 Å². The Balaban J connectivity index is 4.68. The van der Waals surface area contributed by atoms with Crippen molar-refractivity contribution in [1.29, 1.82) is 5.26 Å². The molecule has 0 aliphatic carbocycles. The summed E-state index contributed by atoms with van der Waals surface area (Å²) in [6.45, 7) is 14.1. The van der Waals surface area contributed by atoms with Gasteiger partial charge in [-0.25, -0.2) is 0 Å². The molecular formula is C13H23NO2Si. The highest BCUT2D eigenvalue weighted by atomic mass is 28.4. The Morgan fingerprint density at radius 3 is 2.29 bits per heavy atom. The van der Waals surface area contributed by atoms with E-state index in [4.69, 9.17) is 9.69 Å². The minimum atomic E-state index is -1.87. The molecule has 0 heterocycles. The number of hydrogen-bond donors (Lipinski definition) is 1. The van der Waals surface area contributed by atoms with Gasteiger partial charge in [0.2, 0.25) is 8.32 Å². The van der Waals surface area contributed by atoms with Crippen molar-refractivity contribution >= 4 is 8.32 Å². The third kappa shape index (κ3) is 4.76. The molecule has 0 spiro atoms. The van der Waals surface area contributed by atoms with E-state index in [0.29, 0.717) is 0 Å². The topological polar surface area (TPSA) is 53.2 Å². The average molecular weight is 253 g/mol. The first-order valence-corrected chi connectivity index (χ1v) is 8.59. The maximum atomic E-state index is 9.84.